The molecule has 2 amide bonds. The molecule has 0 fully saturated rings. The third-order valence-electron chi connectivity index (χ3n) is 6.92. The number of fused-ring (bicyclic) bond motifs is 2. The number of benzene rings is 3. The quantitative estimate of drug-likeness (QED) is 0.267. The summed E-state index contributed by atoms with van der Waals surface area (Å²) < 4.78 is 11.0. The Kier molecular flexibility index (Phi) is 6.57. The molecule has 0 unspecified atom stereocenters. The van der Waals surface area contributed by atoms with Crippen molar-refractivity contribution in [1.82, 2.24) is 25.1 Å². The number of imide groups is 1. The SMILES string of the molecule is COc1cc(OC)cc(N(CCCN2C(=O)c3ccccc3C2=O)c2ccc3ncc(-c4cn[nH]c4)nc3c2)c1. The van der Waals surface area contributed by atoms with Crippen LogP contribution in [0.5, 0.6) is 11.5 Å². The lowest BCUT2D eigenvalue weighted by Gasteiger charge is -2.27. The maximum absolute atomic E-state index is 12.9. The van der Waals surface area contributed by atoms with Crippen LogP contribution in [0.4, 0.5) is 11.4 Å². The second kappa shape index (κ2) is 10.5. The summed E-state index contributed by atoms with van der Waals surface area (Å²) in [5.41, 5.74) is 5.61. The fourth-order valence-electron chi connectivity index (χ4n) is 4.88. The average Bonchev–Trinajstić information content (AvgIpc) is 3.62. The van der Waals surface area contributed by atoms with E-state index in [-0.39, 0.29) is 18.4 Å². The molecule has 0 spiro atoms. The minimum absolute atomic E-state index is 0.261. The van der Waals surface area contributed by atoms with E-state index < -0.39 is 0 Å². The minimum Gasteiger partial charge on any atom is -0.497 e. The van der Waals surface area contributed by atoms with Gasteiger partial charge in [-0.1, -0.05) is 12.1 Å². The van der Waals surface area contributed by atoms with Gasteiger partial charge < -0.3 is 14.4 Å². The summed E-state index contributed by atoms with van der Waals surface area (Å²) >= 11 is 0. The molecule has 1 aliphatic heterocycles. The molecule has 200 valence electrons. The molecule has 0 bridgehead atoms. The summed E-state index contributed by atoms with van der Waals surface area (Å²) in [5, 5.41) is 6.82. The van der Waals surface area contributed by atoms with Gasteiger partial charge in [0.05, 0.1) is 54.5 Å². The van der Waals surface area contributed by atoms with Gasteiger partial charge in [-0.25, -0.2) is 4.98 Å². The Balaban J connectivity index is 1.33. The molecule has 0 atom stereocenters. The number of hydrogen-bond acceptors (Lipinski definition) is 8. The van der Waals surface area contributed by atoms with Gasteiger partial charge in [0, 0.05) is 54.4 Å². The Morgan fingerprint density at radius 3 is 2.23 bits per heavy atom. The molecule has 3 heterocycles. The normalized spacial score (nSPS) is 12.6. The standard InChI is InChI=1S/C30H26N6O4/c1-39-22-12-21(13-23(15-22)40-2)35(10-5-11-36-29(37)24-6-3-4-7-25(24)30(36)38)20-8-9-26-27(14-20)34-28(18-31-26)19-16-32-33-17-19/h3-4,6-9,12-18H,5,10-11H2,1-2H3,(H,32,33). The van der Waals surface area contributed by atoms with Crippen LogP contribution >= 0.6 is 0 Å². The molecule has 3 aromatic carbocycles. The fourth-order valence-corrected chi connectivity index (χ4v) is 4.88. The monoisotopic (exact) mass is 534 g/mol. The first-order valence-corrected chi connectivity index (χ1v) is 12.8. The van der Waals surface area contributed by atoms with E-state index >= 15 is 0 Å². The van der Waals surface area contributed by atoms with Crippen LogP contribution in [0.3, 0.4) is 0 Å². The maximum Gasteiger partial charge on any atom is 0.261 e. The molecule has 5 aromatic rings. The Morgan fingerprint density at radius 2 is 1.57 bits per heavy atom. The van der Waals surface area contributed by atoms with Crippen molar-refractivity contribution in [2.75, 3.05) is 32.2 Å². The number of nitrogens with zero attached hydrogens (tertiary/aromatic N) is 5. The predicted molar refractivity (Wildman–Crippen MR) is 150 cm³/mol. The van der Waals surface area contributed by atoms with Gasteiger partial charge in [0.15, 0.2) is 0 Å². The second-order valence-electron chi connectivity index (χ2n) is 9.30. The van der Waals surface area contributed by atoms with Crippen molar-refractivity contribution in [3.63, 3.8) is 0 Å². The van der Waals surface area contributed by atoms with Crippen LogP contribution in [0, 0.1) is 0 Å². The van der Waals surface area contributed by atoms with Crippen molar-refractivity contribution >= 4 is 34.2 Å². The number of aromatic nitrogens is 4. The number of anilines is 2. The number of amides is 2. The highest BCUT2D eigenvalue weighted by molar-refractivity contribution is 6.21. The van der Waals surface area contributed by atoms with Crippen LogP contribution in [0.1, 0.15) is 27.1 Å². The molecule has 0 saturated carbocycles. The summed E-state index contributed by atoms with van der Waals surface area (Å²) in [7, 11) is 3.21. The molecular weight excluding hydrogens is 508 g/mol. The van der Waals surface area contributed by atoms with Crippen LogP contribution < -0.4 is 14.4 Å². The van der Waals surface area contributed by atoms with E-state index in [1.165, 1.54) is 4.90 Å². The van der Waals surface area contributed by atoms with E-state index in [0.29, 0.717) is 41.3 Å². The molecule has 40 heavy (non-hydrogen) atoms. The van der Waals surface area contributed by atoms with Crippen LogP contribution in [0.2, 0.25) is 0 Å². The average molecular weight is 535 g/mol. The molecule has 1 aliphatic rings. The van der Waals surface area contributed by atoms with Crippen molar-refractivity contribution in [2.45, 2.75) is 6.42 Å². The van der Waals surface area contributed by atoms with Gasteiger partial charge in [-0.3, -0.25) is 24.6 Å². The molecular formula is C30H26N6O4. The van der Waals surface area contributed by atoms with Gasteiger partial charge >= 0.3 is 0 Å². The van der Waals surface area contributed by atoms with Crippen molar-refractivity contribution < 1.29 is 19.1 Å². The number of nitrogens with one attached hydrogen (secondary N) is 1. The fraction of sp³-hybridized carbons (Fsp3) is 0.167. The van der Waals surface area contributed by atoms with Crippen LogP contribution in [-0.2, 0) is 0 Å². The van der Waals surface area contributed by atoms with Gasteiger partial charge in [-0.2, -0.15) is 5.10 Å². The number of carbonyl (C=O) groups excluding carboxylic acids is 2. The molecule has 0 saturated heterocycles. The van der Waals surface area contributed by atoms with Gasteiger partial charge in [0.2, 0.25) is 0 Å². The van der Waals surface area contributed by atoms with Gasteiger partial charge in [0.25, 0.3) is 11.8 Å². The molecule has 10 nitrogen and oxygen atoms in total. The van der Waals surface area contributed by atoms with Gasteiger partial charge in [0.1, 0.15) is 11.5 Å². The maximum atomic E-state index is 12.9. The highest BCUT2D eigenvalue weighted by Gasteiger charge is 2.34. The Hall–Kier alpha value is -5.25. The van der Waals surface area contributed by atoms with Gasteiger partial charge in [-0.15, -0.1) is 0 Å². The number of rotatable bonds is 9. The predicted octanol–water partition coefficient (Wildman–Crippen LogP) is 4.86. The largest absolute Gasteiger partial charge is 0.497 e. The zero-order valence-corrected chi connectivity index (χ0v) is 22.0. The Labute approximate surface area is 230 Å². The highest BCUT2D eigenvalue weighted by Crippen LogP contribution is 2.34. The van der Waals surface area contributed by atoms with Crippen LogP contribution in [0.25, 0.3) is 22.3 Å². The Bertz CT molecular complexity index is 1660. The van der Waals surface area contributed by atoms with E-state index in [2.05, 4.69) is 20.1 Å². The van der Waals surface area contributed by atoms with E-state index in [0.717, 1.165) is 28.0 Å². The molecule has 6 rings (SSSR count). The molecule has 2 aromatic heterocycles. The first-order valence-electron chi connectivity index (χ1n) is 12.8. The molecule has 10 heteroatoms. The number of carbonyl (C=O) groups is 2. The highest BCUT2D eigenvalue weighted by atomic mass is 16.5. The number of hydrogen-bond donors (Lipinski definition) is 1. The summed E-state index contributed by atoms with van der Waals surface area (Å²) in [5.74, 6) is 0.760. The van der Waals surface area contributed by atoms with Crippen LogP contribution in [-0.4, -0.2) is 64.2 Å². The van der Waals surface area contributed by atoms with E-state index in [1.807, 2.05) is 36.4 Å². The number of ether oxygens (including phenoxy) is 2. The van der Waals surface area contributed by atoms with Crippen molar-refractivity contribution in [2.24, 2.45) is 0 Å². The summed E-state index contributed by atoms with van der Waals surface area (Å²) in [4.78, 5) is 38.6. The third-order valence-corrected chi connectivity index (χ3v) is 6.92. The first kappa shape index (κ1) is 25.1. The number of H-pyrrole nitrogens is 1. The van der Waals surface area contributed by atoms with Gasteiger partial charge in [-0.05, 0) is 36.8 Å². The lowest BCUT2D eigenvalue weighted by Crippen LogP contribution is -2.32. The smallest absolute Gasteiger partial charge is 0.261 e. The zero-order valence-electron chi connectivity index (χ0n) is 22.0. The zero-order chi connectivity index (χ0) is 27.6. The Morgan fingerprint density at radius 1 is 0.850 bits per heavy atom. The van der Waals surface area contributed by atoms with Crippen molar-refractivity contribution in [1.29, 1.82) is 0 Å². The second-order valence-corrected chi connectivity index (χ2v) is 9.30. The minimum atomic E-state index is -0.261. The summed E-state index contributed by atoms with van der Waals surface area (Å²) in [6, 6.07) is 18.4. The molecule has 0 radical (unpaired) electrons. The lowest BCUT2D eigenvalue weighted by atomic mass is 10.1. The van der Waals surface area contributed by atoms with E-state index in [4.69, 9.17) is 14.5 Å². The summed E-state index contributed by atoms with van der Waals surface area (Å²) in [6.45, 7) is 0.784. The third kappa shape index (κ3) is 4.60. The number of aromatic amines is 1. The van der Waals surface area contributed by atoms with E-state index in [1.54, 1.807) is 57.1 Å². The molecule has 0 aliphatic carbocycles. The van der Waals surface area contributed by atoms with E-state index in [9.17, 15) is 9.59 Å². The summed E-state index contributed by atoms with van der Waals surface area (Å²) in [6.07, 6.45) is 5.73. The number of methoxy groups -OCH3 is 2. The van der Waals surface area contributed by atoms with Crippen LogP contribution in [0.15, 0.2) is 79.3 Å². The first-order chi connectivity index (χ1) is 19.6. The van der Waals surface area contributed by atoms with Crippen molar-refractivity contribution in [3.05, 3.63) is 90.4 Å². The lowest BCUT2D eigenvalue weighted by molar-refractivity contribution is 0.0653. The van der Waals surface area contributed by atoms with Crippen molar-refractivity contribution in [3.8, 4) is 22.8 Å². The topological polar surface area (TPSA) is 114 Å². The molecule has 1 N–H and O–H groups in total.